The maximum Gasteiger partial charge on any atom is 0.573 e. The Morgan fingerprint density at radius 3 is 2.17 bits per heavy atom. The van der Waals surface area contributed by atoms with Gasteiger partial charge >= 0.3 is 6.36 Å². The second kappa shape index (κ2) is 10.4. The smallest absolute Gasteiger partial charge is 0.406 e. The van der Waals surface area contributed by atoms with Gasteiger partial charge in [-0.2, -0.15) is 0 Å². The molecule has 0 aliphatic heterocycles. The number of aliphatic hydroxyl groups is 1. The number of halogens is 5. The summed E-state index contributed by atoms with van der Waals surface area (Å²) in [6.45, 7) is 4.00. The third kappa shape index (κ3) is 6.71. The number of pyridine rings is 1. The minimum absolute atomic E-state index is 0.0266. The predicted molar refractivity (Wildman–Crippen MR) is 108 cm³/mol. The van der Waals surface area contributed by atoms with Gasteiger partial charge in [0, 0.05) is 23.2 Å². The van der Waals surface area contributed by atoms with Gasteiger partial charge in [0.05, 0.1) is 5.69 Å². The molecule has 0 fully saturated rings. The van der Waals surface area contributed by atoms with Crippen molar-refractivity contribution in [3.8, 4) is 16.9 Å². The first-order chi connectivity index (χ1) is 14.2. The molecule has 8 heteroatoms. The maximum absolute atomic E-state index is 13.9. The summed E-state index contributed by atoms with van der Waals surface area (Å²) in [7, 11) is 0. The van der Waals surface area contributed by atoms with Crippen molar-refractivity contribution in [1.29, 1.82) is 0 Å². The minimum atomic E-state index is -4.75. The zero-order valence-corrected chi connectivity index (χ0v) is 17.0. The highest BCUT2D eigenvalue weighted by Crippen LogP contribution is 2.27. The average molecular weight is 442 g/mol. The average Bonchev–Trinajstić information content (AvgIpc) is 2.71. The van der Waals surface area contributed by atoms with Gasteiger partial charge in [-0.15, -0.1) is 13.2 Å². The fraction of sp³-hybridized carbons (Fsp3) is 0.227. The van der Waals surface area contributed by atoms with E-state index in [9.17, 15) is 22.7 Å². The number of benzene rings is 2. The van der Waals surface area contributed by atoms with Gasteiger partial charge < -0.3 is 9.84 Å². The lowest BCUT2D eigenvalue weighted by molar-refractivity contribution is -0.274. The monoisotopic (exact) mass is 441 g/mol. The van der Waals surface area contributed by atoms with Crippen molar-refractivity contribution in [1.82, 2.24) is 4.98 Å². The van der Waals surface area contributed by atoms with E-state index in [1.54, 1.807) is 12.1 Å². The van der Waals surface area contributed by atoms with Gasteiger partial charge in [-0.25, -0.2) is 4.39 Å². The van der Waals surface area contributed by atoms with E-state index in [1.807, 2.05) is 13.8 Å². The zero-order valence-electron chi connectivity index (χ0n) is 16.3. The fourth-order valence-corrected chi connectivity index (χ4v) is 2.78. The topological polar surface area (TPSA) is 42.4 Å². The van der Waals surface area contributed by atoms with E-state index in [1.165, 1.54) is 48.7 Å². The summed E-state index contributed by atoms with van der Waals surface area (Å²) in [5, 5.41) is 10.6. The third-order valence-corrected chi connectivity index (χ3v) is 4.21. The molecule has 0 aliphatic carbocycles. The number of hydrogen-bond donors (Lipinski definition) is 1. The van der Waals surface area contributed by atoms with Crippen LogP contribution in [0.1, 0.15) is 31.2 Å². The molecule has 3 nitrogen and oxygen atoms in total. The molecule has 0 saturated carbocycles. The maximum atomic E-state index is 13.9. The van der Waals surface area contributed by atoms with Gasteiger partial charge in [0.1, 0.15) is 17.7 Å². The number of alkyl halides is 3. The van der Waals surface area contributed by atoms with Gasteiger partial charge in [0.25, 0.3) is 0 Å². The second-order valence-electron chi connectivity index (χ2n) is 6.00. The van der Waals surface area contributed by atoms with Crippen LogP contribution in [0.5, 0.6) is 5.75 Å². The molecule has 3 rings (SSSR count). The molecule has 1 unspecified atom stereocenters. The van der Waals surface area contributed by atoms with Crippen LogP contribution in [0.3, 0.4) is 0 Å². The van der Waals surface area contributed by atoms with Crippen molar-refractivity contribution in [2.45, 2.75) is 32.7 Å². The molecular weight excluding hydrogens is 422 g/mol. The molecule has 3 aromatic rings. The minimum Gasteiger partial charge on any atom is -0.406 e. The molecule has 0 spiro atoms. The number of ether oxygens (including phenoxy) is 1. The summed E-state index contributed by atoms with van der Waals surface area (Å²) in [5.74, 6) is -0.828. The molecule has 0 saturated heterocycles. The lowest BCUT2D eigenvalue weighted by atomic mass is 10.0. The van der Waals surface area contributed by atoms with Crippen LogP contribution in [-0.2, 0) is 6.42 Å². The third-order valence-electron chi connectivity index (χ3n) is 3.98. The molecule has 1 atom stereocenters. The van der Waals surface area contributed by atoms with Crippen LogP contribution in [-0.4, -0.2) is 16.5 Å². The van der Waals surface area contributed by atoms with E-state index in [4.69, 9.17) is 11.6 Å². The summed E-state index contributed by atoms with van der Waals surface area (Å²) < 4.78 is 54.3. The first-order valence-electron chi connectivity index (χ1n) is 9.15. The first kappa shape index (κ1) is 23.6. The molecule has 30 heavy (non-hydrogen) atoms. The van der Waals surface area contributed by atoms with E-state index >= 15 is 0 Å². The Balaban J connectivity index is 0.00000155. The Bertz CT molecular complexity index is 945. The summed E-state index contributed by atoms with van der Waals surface area (Å²) in [6, 6.07) is 12.8. The highest BCUT2D eigenvalue weighted by molar-refractivity contribution is 6.30. The molecule has 2 aromatic carbocycles. The molecule has 0 amide bonds. The van der Waals surface area contributed by atoms with Gasteiger partial charge in [0.2, 0.25) is 0 Å². The number of aliphatic hydroxyl groups excluding tert-OH is 1. The van der Waals surface area contributed by atoms with Gasteiger partial charge in [-0.1, -0.05) is 49.7 Å². The highest BCUT2D eigenvalue weighted by atomic mass is 35.5. The van der Waals surface area contributed by atoms with Crippen molar-refractivity contribution in [3.05, 3.63) is 82.9 Å². The normalized spacial score (nSPS) is 12.0. The van der Waals surface area contributed by atoms with Crippen LogP contribution in [0.2, 0.25) is 5.02 Å². The van der Waals surface area contributed by atoms with Crippen molar-refractivity contribution in [2.24, 2.45) is 0 Å². The summed E-state index contributed by atoms with van der Waals surface area (Å²) in [5.41, 5.74) is 1.93. The molecule has 0 bridgehead atoms. The van der Waals surface area contributed by atoms with E-state index in [-0.39, 0.29) is 17.2 Å². The van der Waals surface area contributed by atoms with Gasteiger partial charge in [-0.3, -0.25) is 4.98 Å². The summed E-state index contributed by atoms with van der Waals surface area (Å²) in [6.07, 6.45) is -4.26. The van der Waals surface area contributed by atoms with Gasteiger partial charge in [0.15, 0.2) is 0 Å². The van der Waals surface area contributed by atoms with Crippen molar-refractivity contribution < 1.29 is 27.4 Å². The van der Waals surface area contributed by atoms with E-state index in [0.29, 0.717) is 22.4 Å². The Labute approximate surface area is 176 Å². The zero-order chi connectivity index (χ0) is 22.3. The second-order valence-corrected chi connectivity index (χ2v) is 6.44. The number of nitrogens with zero attached hydrogens (tertiary/aromatic N) is 1. The lowest BCUT2D eigenvalue weighted by Gasteiger charge is -2.12. The van der Waals surface area contributed by atoms with Crippen LogP contribution in [0.15, 0.2) is 60.8 Å². The Hall–Kier alpha value is -2.64. The fourth-order valence-electron chi connectivity index (χ4n) is 2.62. The first-order valence-corrected chi connectivity index (χ1v) is 9.53. The molecule has 1 N–H and O–H groups in total. The van der Waals surface area contributed by atoms with Crippen LogP contribution >= 0.6 is 11.6 Å². The standard InChI is InChI=1S/C20H14ClF4NO2.C2H6/c21-15-5-1-13(17(22)10-15)9-19(27)18-8-4-14(11-26-18)12-2-6-16(7-3-12)28-20(23,24)25;1-2/h1-8,10-11,19,27H,9H2;1-2H3. The largest absolute Gasteiger partial charge is 0.573 e. The number of rotatable bonds is 5. The van der Waals surface area contributed by atoms with Crippen molar-refractivity contribution >= 4 is 11.6 Å². The van der Waals surface area contributed by atoms with Gasteiger partial charge in [-0.05, 0) is 41.5 Å². The van der Waals surface area contributed by atoms with Crippen LogP contribution in [0.25, 0.3) is 11.1 Å². The van der Waals surface area contributed by atoms with Crippen molar-refractivity contribution in [3.63, 3.8) is 0 Å². The van der Waals surface area contributed by atoms with Crippen LogP contribution in [0, 0.1) is 5.82 Å². The highest BCUT2D eigenvalue weighted by Gasteiger charge is 2.30. The quantitative estimate of drug-likeness (QED) is 0.446. The molecular formula is C22H20ClF4NO2. The SMILES string of the molecule is CC.OC(Cc1ccc(Cl)cc1F)c1ccc(-c2ccc(OC(F)(F)F)cc2)cn1. The molecule has 160 valence electrons. The predicted octanol–water partition coefficient (Wildman–Crippen LogP) is 6.74. The Kier molecular flexibility index (Phi) is 8.20. The Morgan fingerprint density at radius 1 is 1.00 bits per heavy atom. The van der Waals surface area contributed by atoms with E-state index in [2.05, 4.69) is 9.72 Å². The summed E-state index contributed by atoms with van der Waals surface area (Å²) >= 11 is 5.71. The molecule has 0 radical (unpaired) electrons. The Morgan fingerprint density at radius 2 is 1.63 bits per heavy atom. The van der Waals surface area contributed by atoms with Crippen molar-refractivity contribution in [2.75, 3.05) is 0 Å². The molecule has 1 aromatic heterocycles. The van der Waals surface area contributed by atoms with E-state index < -0.39 is 18.3 Å². The van der Waals surface area contributed by atoms with E-state index in [0.717, 1.165) is 0 Å². The number of aromatic nitrogens is 1. The molecule has 0 aliphatic rings. The lowest BCUT2D eigenvalue weighted by Crippen LogP contribution is -2.16. The summed E-state index contributed by atoms with van der Waals surface area (Å²) in [4.78, 5) is 4.17. The van der Waals surface area contributed by atoms with Crippen LogP contribution in [0.4, 0.5) is 17.6 Å². The van der Waals surface area contributed by atoms with Crippen LogP contribution < -0.4 is 4.74 Å². The number of hydrogen-bond acceptors (Lipinski definition) is 3. The molecule has 1 heterocycles.